The fourth-order valence-electron chi connectivity index (χ4n) is 2.74. The molecule has 2 N–H and O–H groups in total. The minimum Gasteiger partial charge on any atom is -0.375 e. The van der Waals surface area contributed by atoms with Crippen molar-refractivity contribution in [3.05, 3.63) is 71.4 Å². The fourth-order valence-corrected chi connectivity index (χ4v) is 2.74. The summed E-state index contributed by atoms with van der Waals surface area (Å²) in [6.45, 7) is 2.47. The van der Waals surface area contributed by atoms with E-state index in [-0.39, 0.29) is 12.0 Å². The number of hydrogen-bond acceptors (Lipinski definition) is 2. The Bertz CT molecular complexity index is 790. The van der Waals surface area contributed by atoms with Crippen LogP contribution in [0, 0.1) is 6.92 Å². The third-order valence-electron chi connectivity index (χ3n) is 4.04. The van der Waals surface area contributed by atoms with Gasteiger partial charge in [-0.1, -0.05) is 42.5 Å². The quantitative estimate of drug-likeness (QED) is 0.757. The molecule has 0 unspecified atom stereocenters. The minimum atomic E-state index is -0.162. The Morgan fingerprint density at radius 3 is 2.65 bits per heavy atom. The van der Waals surface area contributed by atoms with Gasteiger partial charge in [-0.05, 0) is 30.2 Å². The number of benzene rings is 2. The molecule has 0 aliphatic rings. The molecule has 0 aliphatic carbocycles. The van der Waals surface area contributed by atoms with E-state index in [4.69, 9.17) is 4.74 Å². The Hall–Kier alpha value is -2.59. The molecule has 3 rings (SSSR count). The van der Waals surface area contributed by atoms with Crippen molar-refractivity contribution in [3.8, 4) is 0 Å². The van der Waals surface area contributed by atoms with E-state index in [2.05, 4.69) is 10.3 Å². The molecule has 2 aromatic carbocycles. The first-order valence-corrected chi connectivity index (χ1v) is 7.63. The molecular formula is C19H20N2O2. The van der Waals surface area contributed by atoms with E-state index in [1.165, 1.54) is 0 Å². The van der Waals surface area contributed by atoms with Crippen LogP contribution >= 0.6 is 0 Å². The summed E-state index contributed by atoms with van der Waals surface area (Å²) >= 11 is 0. The van der Waals surface area contributed by atoms with Crippen LogP contribution in [0.15, 0.2) is 54.6 Å². The summed E-state index contributed by atoms with van der Waals surface area (Å²) in [7, 11) is 1.66. The number of nitrogens with one attached hydrogen (secondary N) is 2. The monoisotopic (exact) mass is 308 g/mol. The topological polar surface area (TPSA) is 54.1 Å². The summed E-state index contributed by atoms with van der Waals surface area (Å²) in [6.07, 6.45) is -0.162. The number of para-hydroxylation sites is 1. The Balaban J connectivity index is 1.71. The lowest BCUT2D eigenvalue weighted by molar-refractivity contribution is 0.0823. The van der Waals surface area contributed by atoms with Crippen LogP contribution in [0.2, 0.25) is 0 Å². The van der Waals surface area contributed by atoms with Gasteiger partial charge >= 0.3 is 0 Å². The summed E-state index contributed by atoms with van der Waals surface area (Å²) in [6, 6.07) is 17.7. The first kappa shape index (κ1) is 15.3. The Morgan fingerprint density at radius 2 is 1.91 bits per heavy atom. The van der Waals surface area contributed by atoms with Gasteiger partial charge in [0.25, 0.3) is 5.91 Å². The summed E-state index contributed by atoms with van der Waals surface area (Å²) in [5, 5.41) is 3.97. The lowest BCUT2D eigenvalue weighted by Crippen LogP contribution is -2.29. The number of hydrogen-bond donors (Lipinski definition) is 2. The highest BCUT2D eigenvalue weighted by molar-refractivity contribution is 5.97. The number of aromatic nitrogens is 1. The second-order valence-corrected chi connectivity index (χ2v) is 5.56. The summed E-state index contributed by atoms with van der Waals surface area (Å²) in [4.78, 5) is 15.5. The van der Waals surface area contributed by atoms with Gasteiger partial charge in [-0.2, -0.15) is 0 Å². The molecule has 1 atom stereocenters. The molecule has 1 amide bonds. The predicted octanol–water partition coefficient (Wildman–Crippen LogP) is 3.59. The number of aryl methyl sites for hydroxylation is 1. The van der Waals surface area contributed by atoms with Gasteiger partial charge in [-0.25, -0.2) is 0 Å². The molecule has 0 spiro atoms. The van der Waals surface area contributed by atoms with E-state index >= 15 is 0 Å². The van der Waals surface area contributed by atoms with Gasteiger partial charge in [0.2, 0.25) is 0 Å². The third kappa shape index (κ3) is 3.27. The maximum absolute atomic E-state index is 12.4. The van der Waals surface area contributed by atoms with Crippen LogP contribution in [-0.2, 0) is 4.74 Å². The van der Waals surface area contributed by atoms with Gasteiger partial charge in [0.15, 0.2) is 0 Å². The van der Waals surface area contributed by atoms with Crippen LogP contribution in [0.1, 0.15) is 27.7 Å². The average molecular weight is 308 g/mol. The highest BCUT2D eigenvalue weighted by Gasteiger charge is 2.15. The fraction of sp³-hybridized carbons (Fsp3) is 0.211. The highest BCUT2D eigenvalue weighted by Crippen LogP contribution is 2.20. The second kappa shape index (κ2) is 6.67. The Labute approximate surface area is 135 Å². The number of fused-ring (bicyclic) bond motifs is 1. The standard InChI is InChI=1S/C19H20N2O2/c1-13-7-3-5-9-15(13)18(23-2)12-20-19(22)17-11-14-8-4-6-10-16(14)21-17/h3-11,18,21H,12H2,1-2H3,(H,20,22)/t18-/m1/s1. The number of methoxy groups -OCH3 is 1. The third-order valence-corrected chi connectivity index (χ3v) is 4.04. The largest absolute Gasteiger partial charge is 0.375 e. The zero-order valence-electron chi connectivity index (χ0n) is 13.3. The van der Waals surface area contributed by atoms with E-state index in [0.717, 1.165) is 22.0 Å². The molecule has 118 valence electrons. The van der Waals surface area contributed by atoms with E-state index in [1.54, 1.807) is 7.11 Å². The molecule has 3 aromatic rings. The second-order valence-electron chi connectivity index (χ2n) is 5.56. The van der Waals surface area contributed by atoms with Crippen molar-refractivity contribution < 1.29 is 9.53 Å². The van der Waals surface area contributed by atoms with Gasteiger partial charge in [-0.3, -0.25) is 4.79 Å². The molecule has 4 heteroatoms. The van der Waals surface area contributed by atoms with Gasteiger partial charge in [-0.15, -0.1) is 0 Å². The SMILES string of the molecule is CO[C@H](CNC(=O)c1cc2ccccc2[nH]1)c1ccccc1C. The highest BCUT2D eigenvalue weighted by atomic mass is 16.5. The zero-order chi connectivity index (χ0) is 16.2. The normalized spacial score (nSPS) is 12.3. The van der Waals surface area contributed by atoms with Crippen LogP contribution in [0.5, 0.6) is 0 Å². The van der Waals surface area contributed by atoms with E-state index in [0.29, 0.717) is 12.2 Å². The summed E-state index contributed by atoms with van der Waals surface area (Å²) in [5.41, 5.74) is 3.76. The molecule has 0 aliphatic heterocycles. The molecule has 1 heterocycles. The van der Waals surface area contributed by atoms with Gasteiger partial charge < -0.3 is 15.0 Å². The Kier molecular flexibility index (Phi) is 4.44. The molecule has 0 fully saturated rings. The molecule has 23 heavy (non-hydrogen) atoms. The molecule has 4 nitrogen and oxygen atoms in total. The van der Waals surface area contributed by atoms with Crippen molar-refractivity contribution >= 4 is 16.8 Å². The van der Waals surface area contributed by atoms with E-state index < -0.39 is 0 Å². The average Bonchev–Trinajstić information content (AvgIpc) is 3.01. The Morgan fingerprint density at radius 1 is 1.17 bits per heavy atom. The number of rotatable bonds is 5. The van der Waals surface area contributed by atoms with Gasteiger partial charge in [0.1, 0.15) is 5.69 Å². The van der Waals surface area contributed by atoms with Crippen LogP contribution in [0.3, 0.4) is 0 Å². The lowest BCUT2D eigenvalue weighted by atomic mass is 10.0. The number of H-pyrrole nitrogens is 1. The first-order chi connectivity index (χ1) is 11.2. The maximum Gasteiger partial charge on any atom is 0.267 e. The number of aromatic amines is 1. The molecular weight excluding hydrogens is 288 g/mol. The van der Waals surface area contributed by atoms with Crippen LogP contribution in [-0.4, -0.2) is 24.5 Å². The molecule has 0 saturated heterocycles. The van der Waals surface area contributed by atoms with Crippen molar-refractivity contribution in [1.82, 2.24) is 10.3 Å². The van der Waals surface area contributed by atoms with Crippen molar-refractivity contribution in [3.63, 3.8) is 0 Å². The van der Waals surface area contributed by atoms with Crippen molar-refractivity contribution in [2.45, 2.75) is 13.0 Å². The minimum absolute atomic E-state index is 0.128. The summed E-state index contributed by atoms with van der Waals surface area (Å²) in [5.74, 6) is -0.128. The van der Waals surface area contributed by atoms with Crippen LogP contribution in [0.4, 0.5) is 0 Å². The lowest BCUT2D eigenvalue weighted by Gasteiger charge is -2.18. The van der Waals surface area contributed by atoms with E-state index in [1.807, 2.05) is 61.5 Å². The zero-order valence-corrected chi connectivity index (χ0v) is 13.3. The molecule has 0 radical (unpaired) electrons. The van der Waals surface area contributed by atoms with E-state index in [9.17, 15) is 4.79 Å². The number of carbonyl (C=O) groups excluding carboxylic acids is 1. The molecule has 0 saturated carbocycles. The first-order valence-electron chi connectivity index (χ1n) is 7.63. The van der Waals surface area contributed by atoms with Gasteiger partial charge in [0, 0.05) is 24.6 Å². The van der Waals surface area contributed by atoms with Crippen molar-refractivity contribution in [1.29, 1.82) is 0 Å². The number of carbonyl (C=O) groups is 1. The van der Waals surface area contributed by atoms with Crippen molar-refractivity contribution in [2.75, 3.05) is 13.7 Å². The number of ether oxygens (including phenoxy) is 1. The van der Waals surface area contributed by atoms with Crippen LogP contribution in [0.25, 0.3) is 10.9 Å². The van der Waals surface area contributed by atoms with Crippen molar-refractivity contribution in [2.24, 2.45) is 0 Å². The molecule has 1 aromatic heterocycles. The van der Waals surface area contributed by atoms with Crippen LogP contribution < -0.4 is 5.32 Å². The predicted molar refractivity (Wildman–Crippen MR) is 91.6 cm³/mol. The smallest absolute Gasteiger partial charge is 0.267 e. The molecule has 0 bridgehead atoms. The van der Waals surface area contributed by atoms with Gasteiger partial charge in [0.05, 0.1) is 6.10 Å². The maximum atomic E-state index is 12.4. The number of amides is 1. The summed E-state index contributed by atoms with van der Waals surface area (Å²) < 4.78 is 5.54.